The van der Waals surface area contributed by atoms with E-state index >= 15 is 0 Å². The summed E-state index contributed by atoms with van der Waals surface area (Å²) in [4.78, 5) is 13.2. The molecule has 0 saturated carbocycles. The molecule has 2 aliphatic rings. The SMILES string of the molecule is Cc1ccc(/C=C/c2ccc(C(=O)Oc3cccc4c3[C@@]3(CCc5cccc(O)c53)CC4)cc2)cc1. The van der Waals surface area contributed by atoms with E-state index in [4.69, 9.17) is 4.74 Å². The van der Waals surface area contributed by atoms with Crippen LogP contribution < -0.4 is 4.74 Å². The lowest BCUT2D eigenvalue weighted by atomic mass is 9.76. The van der Waals surface area contributed by atoms with Crippen molar-refractivity contribution in [1.29, 1.82) is 0 Å². The van der Waals surface area contributed by atoms with Gasteiger partial charge in [-0.3, -0.25) is 0 Å². The average molecular weight is 473 g/mol. The lowest BCUT2D eigenvalue weighted by molar-refractivity contribution is 0.0732. The first-order valence-corrected chi connectivity index (χ1v) is 12.5. The van der Waals surface area contributed by atoms with E-state index < -0.39 is 0 Å². The Morgan fingerprint density at radius 2 is 1.36 bits per heavy atom. The predicted molar refractivity (Wildman–Crippen MR) is 143 cm³/mol. The van der Waals surface area contributed by atoms with Crippen molar-refractivity contribution in [3.05, 3.63) is 129 Å². The largest absolute Gasteiger partial charge is 0.508 e. The maximum absolute atomic E-state index is 13.2. The zero-order chi connectivity index (χ0) is 24.7. The molecule has 1 atom stereocenters. The molecule has 0 saturated heterocycles. The van der Waals surface area contributed by atoms with Crippen molar-refractivity contribution >= 4 is 18.1 Å². The maximum Gasteiger partial charge on any atom is 0.343 e. The van der Waals surface area contributed by atoms with Crippen molar-refractivity contribution in [2.75, 3.05) is 0 Å². The Kier molecular flexibility index (Phi) is 5.49. The zero-order valence-electron chi connectivity index (χ0n) is 20.3. The summed E-state index contributed by atoms with van der Waals surface area (Å²) in [6, 6.07) is 27.6. The lowest BCUT2D eigenvalue weighted by Crippen LogP contribution is -2.23. The molecule has 0 aromatic heterocycles. The summed E-state index contributed by atoms with van der Waals surface area (Å²) in [5.74, 6) is 0.581. The van der Waals surface area contributed by atoms with E-state index in [1.54, 1.807) is 6.07 Å². The van der Waals surface area contributed by atoms with Crippen LogP contribution in [0.3, 0.4) is 0 Å². The highest BCUT2D eigenvalue weighted by Crippen LogP contribution is 2.57. The van der Waals surface area contributed by atoms with Gasteiger partial charge in [0.2, 0.25) is 0 Å². The van der Waals surface area contributed by atoms with Crippen LogP contribution in [0.4, 0.5) is 0 Å². The van der Waals surface area contributed by atoms with E-state index in [1.807, 2.05) is 48.5 Å². The average Bonchev–Trinajstić information content (AvgIpc) is 3.47. The van der Waals surface area contributed by atoms with E-state index in [9.17, 15) is 9.90 Å². The van der Waals surface area contributed by atoms with Crippen LogP contribution >= 0.6 is 0 Å². The summed E-state index contributed by atoms with van der Waals surface area (Å²) in [7, 11) is 0. The number of hydrogen-bond donors (Lipinski definition) is 1. The summed E-state index contributed by atoms with van der Waals surface area (Å²) in [5, 5.41) is 10.8. The minimum atomic E-state index is -0.366. The minimum Gasteiger partial charge on any atom is -0.508 e. The van der Waals surface area contributed by atoms with Gasteiger partial charge in [0.15, 0.2) is 0 Å². The van der Waals surface area contributed by atoms with Crippen molar-refractivity contribution in [3.8, 4) is 11.5 Å². The Bertz CT molecular complexity index is 1470. The number of aryl methyl sites for hydroxylation is 3. The third kappa shape index (κ3) is 3.81. The molecule has 0 heterocycles. The first-order valence-electron chi connectivity index (χ1n) is 12.5. The van der Waals surface area contributed by atoms with Crippen molar-refractivity contribution in [1.82, 2.24) is 0 Å². The Morgan fingerprint density at radius 3 is 2.03 bits per heavy atom. The van der Waals surface area contributed by atoms with Gasteiger partial charge in [0.25, 0.3) is 0 Å². The summed E-state index contributed by atoms with van der Waals surface area (Å²) in [6.07, 6.45) is 7.78. The number of carbonyl (C=O) groups is 1. The van der Waals surface area contributed by atoms with Gasteiger partial charge in [0, 0.05) is 16.5 Å². The lowest BCUT2D eigenvalue weighted by Gasteiger charge is -2.28. The van der Waals surface area contributed by atoms with Gasteiger partial charge in [0.05, 0.1) is 5.56 Å². The fourth-order valence-corrected chi connectivity index (χ4v) is 5.97. The second kappa shape index (κ2) is 8.83. The van der Waals surface area contributed by atoms with E-state index in [2.05, 4.69) is 49.4 Å². The van der Waals surface area contributed by atoms with E-state index in [0.717, 1.165) is 47.9 Å². The molecule has 2 aliphatic carbocycles. The Labute approximate surface area is 211 Å². The molecule has 0 fully saturated rings. The standard InChI is InChI=1S/C33H28O3/c1-22-8-10-23(11-9-22)12-13-24-14-16-27(17-15-24)32(35)36-29-7-3-5-26-19-21-33(31(26)29)20-18-25-4-2-6-28(34)30(25)33/h2-17,34H,18-21H2,1H3/b13-12+/t33-/m0/s1. The van der Waals surface area contributed by atoms with Crippen LogP contribution in [0.25, 0.3) is 12.2 Å². The van der Waals surface area contributed by atoms with Gasteiger partial charge in [-0.15, -0.1) is 0 Å². The third-order valence-electron chi connectivity index (χ3n) is 7.74. The second-order valence-corrected chi connectivity index (χ2v) is 9.94. The molecule has 178 valence electrons. The number of phenols is 1. The van der Waals surface area contributed by atoms with Crippen LogP contribution in [0, 0.1) is 6.92 Å². The fourth-order valence-electron chi connectivity index (χ4n) is 5.97. The summed E-state index contributed by atoms with van der Waals surface area (Å²) in [5.41, 5.74) is 8.08. The topological polar surface area (TPSA) is 46.5 Å². The summed E-state index contributed by atoms with van der Waals surface area (Å²) in [6.45, 7) is 2.07. The van der Waals surface area contributed by atoms with Crippen LogP contribution in [0.1, 0.15) is 62.1 Å². The van der Waals surface area contributed by atoms with Crippen LogP contribution in [0.5, 0.6) is 11.5 Å². The zero-order valence-corrected chi connectivity index (χ0v) is 20.3. The third-order valence-corrected chi connectivity index (χ3v) is 7.74. The molecule has 0 amide bonds. The number of aromatic hydroxyl groups is 1. The Balaban J connectivity index is 1.26. The molecule has 3 nitrogen and oxygen atoms in total. The van der Waals surface area contributed by atoms with Gasteiger partial charge in [-0.2, -0.15) is 0 Å². The van der Waals surface area contributed by atoms with Crippen molar-refractivity contribution in [3.63, 3.8) is 0 Å². The summed E-state index contributed by atoms with van der Waals surface area (Å²) >= 11 is 0. The van der Waals surface area contributed by atoms with Crippen LogP contribution in [0.15, 0.2) is 84.9 Å². The number of esters is 1. The highest BCUT2D eigenvalue weighted by atomic mass is 16.5. The Hall–Kier alpha value is -4.11. The van der Waals surface area contributed by atoms with E-state index in [-0.39, 0.29) is 11.4 Å². The fraction of sp³-hybridized carbons (Fsp3) is 0.182. The number of hydrogen-bond acceptors (Lipinski definition) is 3. The maximum atomic E-state index is 13.2. The molecule has 4 aromatic rings. The van der Waals surface area contributed by atoms with Gasteiger partial charge < -0.3 is 9.84 Å². The molecule has 1 N–H and O–H groups in total. The quantitative estimate of drug-likeness (QED) is 0.193. The van der Waals surface area contributed by atoms with Crippen molar-refractivity contribution in [2.24, 2.45) is 0 Å². The molecule has 0 unspecified atom stereocenters. The molecule has 6 rings (SSSR count). The highest BCUT2D eigenvalue weighted by Gasteiger charge is 2.48. The number of rotatable bonds is 4. The van der Waals surface area contributed by atoms with E-state index in [0.29, 0.717) is 17.1 Å². The van der Waals surface area contributed by atoms with Gasteiger partial charge in [-0.05, 0) is 79.1 Å². The molecular weight excluding hydrogens is 444 g/mol. The molecule has 1 spiro atoms. The van der Waals surface area contributed by atoms with Crippen LogP contribution in [-0.4, -0.2) is 11.1 Å². The molecule has 4 aromatic carbocycles. The first-order chi connectivity index (χ1) is 17.5. The van der Waals surface area contributed by atoms with Crippen LogP contribution in [-0.2, 0) is 18.3 Å². The molecular formula is C33H28O3. The van der Waals surface area contributed by atoms with Gasteiger partial charge in [0.1, 0.15) is 11.5 Å². The second-order valence-electron chi connectivity index (χ2n) is 9.94. The van der Waals surface area contributed by atoms with Crippen molar-refractivity contribution < 1.29 is 14.6 Å². The molecule has 0 radical (unpaired) electrons. The molecule has 36 heavy (non-hydrogen) atoms. The van der Waals surface area contributed by atoms with Gasteiger partial charge >= 0.3 is 5.97 Å². The number of carbonyl (C=O) groups excluding carboxylic acids is 1. The monoisotopic (exact) mass is 472 g/mol. The molecule has 3 heteroatoms. The van der Waals surface area contributed by atoms with Gasteiger partial charge in [-0.1, -0.05) is 78.4 Å². The highest BCUT2D eigenvalue weighted by molar-refractivity contribution is 5.92. The number of phenolic OH excluding ortho intramolecular Hbond substituents is 1. The number of fused-ring (bicyclic) bond motifs is 4. The first kappa shape index (κ1) is 22.4. The number of benzene rings is 4. The summed E-state index contributed by atoms with van der Waals surface area (Å²) < 4.78 is 6.03. The van der Waals surface area contributed by atoms with Crippen molar-refractivity contribution in [2.45, 2.75) is 38.0 Å². The van der Waals surface area contributed by atoms with Crippen LogP contribution in [0.2, 0.25) is 0 Å². The number of ether oxygens (including phenoxy) is 1. The normalized spacial score (nSPS) is 17.9. The smallest absolute Gasteiger partial charge is 0.343 e. The molecule has 0 bridgehead atoms. The molecule has 0 aliphatic heterocycles. The van der Waals surface area contributed by atoms with E-state index in [1.165, 1.54) is 16.7 Å². The minimum absolute atomic E-state index is 0.294. The predicted octanol–water partition coefficient (Wildman–Crippen LogP) is 7.27. The van der Waals surface area contributed by atoms with Gasteiger partial charge in [-0.25, -0.2) is 4.79 Å². The Morgan fingerprint density at radius 1 is 0.778 bits per heavy atom.